The molecule has 1 saturated heterocycles. The van der Waals surface area contributed by atoms with Crippen molar-refractivity contribution in [1.29, 1.82) is 0 Å². The second-order valence-electron chi connectivity index (χ2n) is 13.0. The molecule has 266 valence electrons. The average molecular weight is 840 g/mol. The van der Waals surface area contributed by atoms with E-state index in [4.69, 9.17) is 10.8 Å². The van der Waals surface area contributed by atoms with Gasteiger partial charge in [0.2, 0.25) is 5.43 Å². The van der Waals surface area contributed by atoms with Crippen LogP contribution in [0.2, 0.25) is 0 Å². The third kappa shape index (κ3) is 5.60. The topological polar surface area (TPSA) is 148 Å². The van der Waals surface area contributed by atoms with E-state index in [-0.39, 0.29) is 51.3 Å². The number of rotatable bonds is 5. The number of pyridine rings is 2. The van der Waals surface area contributed by atoms with Crippen LogP contribution < -0.4 is 21.5 Å². The van der Waals surface area contributed by atoms with Crippen molar-refractivity contribution in [3.05, 3.63) is 106 Å². The molecular weight excluding hydrogens is 815 g/mol. The summed E-state index contributed by atoms with van der Waals surface area (Å²) in [6, 6.07) is 0.463. The van der Waals surface area contributed by atoms with Crippen LogP contribution in [0.3, 0.4) is 0 Å². The Morgan fingerprint density at radius 1 is 0.824 bits per heavy atom. The molecule has 0 amide bonds. The smallest absolute Gasteiger partial charge is 0.352 e. The number of hydrogen-bond donors (Lipinski definition) is 3. The molecule has 0 radical (unpaired) electrons. The van der Waals surface area contributed by atoms with Crippen LogP contribution in [-0.2, 0) is 0 Å². The first-order valence-corrected chi connectivity index (χ1v) is 17.2. The molecule has 1 aliphatic heterocycles. The molecule has 3 fully saturated rings. The largest absolute Gasteiger partial charge is 0.477 e. The first kappa shape index (κ1) is 35.1. The Hall–Kier alpha value is -4.35. The molecule has 3 aliphatic carbocycles. The lowest BCUT2D eigenvalue weighted by Crippen LogP contribution is -2.46. The molecule has 2 aromatic heterocycles. The summed E-state index contributed by atoms with van der Waals surface area (Å²) < 4.78 is 74.3. The number of nitrogens with zero attached hydrogens (tertiary/aromatic N) is 3. The number of halogens is 7. The van der Waals surface area contributed by atoms with Crippen LogP contribution in [-0.4, -0.2) is 49.9 Å². The summed E-state index contributed by atoms with van der Waals surface area (Å²) >= 11 is 5.85. The van der Waals surface area contributed by atoms with Crippen molar-refractivity contribution in [3.63, 3.8) is 0 Å². The highest BCUT2D eigenvalue weighted by Crippen LogP contribution is 2.45. The number of carboxylic acids is 2. The molecule has 0 spiro atoms. The Balaban J connectivity index is 0.000000170. The van der Waals surface area contributed by atoms with E-state index in [1.54, 1.807) is 0 Å². The van der Waals surface area contributed by atoms with Crippen molar-refractivity contribution in [1.82, 2.24) is 9.13 Å². The number of aromatic nitrogens is 2. The molecule has 2 atom stereocenters. The van der Waals surface area contributed by atoms with Gasteiger partial charge in [-0.2, -0.15) is 0 Å². The SMILES string of the molecule is NC12C=CC=CC1CN(c1c(F)c(Br)c3c(=O)cc(C(=O)O)n(C4CC4)c3c1F)C2.O=C(O)c1cn(C2CC2)c2c(F)c(F)c(F)c(Br)c2c1=O. The van der Waals surface area contributed by atoms with Gasteiger partial charge in [0.05, 0.1) is 36.3 Å². The van der Waals surface area contributed by atoms with Crippen molar-refractivity contribution in [3.8, 4) is 0 Å². The first-order valence-electron chi connectivity index (χ1n) is 15.6. The van der Waals surface area contributed by atoms with Crippen LogP contribution >= 0.6 is 31.9 Å². The molecule has 4 aliphatic rings. The molecule has 4 aromatic rings. The van der Waals surface area contributed by atoms with Gasteiger partial charge < -0.3 is 30.0 Å². The second-order valence-corrected chi connectivity index (χ2v) is 14.5. The Labute approximate surface area is 300 Å². The maximum atomic E-state index is 15.9. The number of anilines is 1. The highest BCUT2D eigenvalue weighted by Gasteiger charge is 2.44. The minimum atomic E-state index is -1.70. The van der Waals surface area contributed by atoms with Crippen LogP contribution in [0.5, 0.6) is 0 Å². The van der Waals surface area contributed by atoms with E-state index in [9.17, 15) is 37.5 Å². The van der Waals surface area contributed by atoms with Crippen LogP contribution in [0.15, 0.2) is 55.1 Å². The minimum Gasteiger partial charge on any atom is -0.477 e. The fraction of sp³-hybridized carbons (Fsp3) is 0.294. The fourth-order valence-electron chi connectivity index (χ4n) is 6.83. The Bertz CT molecular complexity index is 2420. The number of allylic oxidation sites excluding steroid dienone is 2. The van der Waals surface area contributed by atoms with Gasteiger partial charge in [0.15, 0.2) is 34.5 Å². The standard InChI is InChI=1S/C21H18BrF2N3O3.C13H7BrF3NO3/c22-15-14-13(28)7-12(20(29)30)27(11-4-5-11)18(14)17(24)19(16(15)23)26-8-10-3-1-2-6-21(10,25)9-26;14-7-6-11(10(17)9(16)8(7)15)18(4-1-2-4)3-5(12(6)19)13(20)21/h1-3,6-7,10-11H,4-5,8-9,25H2,(H,29,30);3-4H,1-2H2,(H,20,21). The van der Waals surface area contributed by atoms with Crippen molar-refractivity contribution >= 4 is 71.3 Å². The molecule has 0 bridgehead atoms. The van der Waals surface area contributed by atoms with E-state index in [1.807, 2.05) is 24.3 Å². The third-order valence-corrected chi connectivity index (χ3v) is 11.1. The average Bonchev–Trinajstić information content (AvgIpc) is 4.02. The Morgan fingerprint density at radius 3 is 2.06 bits per heavy atom. The molecule has 2 aromatic carbocycles. The number of aromatic carboxylic acids is 2. The number of hydrogen-bond acceptors (Lipinski definition) is 6. The lowest BCUT2D eigenvalue weighted by atomic mass is 9.85. The van der Waals surface area contributed by atoms with Gasteiger partial charge in [-0.3, -0.25) is 9.59 Å². The summed E-state index contributed by atoms with van der Waals surface area (Å²) in [6.07, 6.45) is 11.0. The zero-order chi connectivity index (χ0) is 36.8. The summed E-state index contributed by atoms with van der Waals surface area (Å²) in [5.41, 5.74) is 2.09. The van der Waals surface area contributed by atoms with E-state index < -0.39 is 78.4 Å². The molecule has 10 nitrogen and oxygen atoms in total. The van der Waals surface area contributed by atoms with Crippen molar-refractivity contribution in [2.75, 3.05) is 18.0 Å². The molecule has 8 rings (SSSR count). The molecule has 2 saturated carbocycles. The second kappa shape index (κ2) is 12.4. The lowest BCUT2D eigenvalue weighted by Gasteiger charge is -2.27. The van der Waals surface area contributed by atoms with Gasteiger partial charge in [0, 0.05) is 43.4 Å². The molecule has 51 heavy (non-hydrogen) atoms. The van der Waals surface area contributed by atoms with Gasteiger partial charge >= 0.3 is 11.9 Å². The van der Waals surface area contributed by atoms with Gasteiger partial charge in [-0.1, -0.05) is 24.3 Å². The molecular formula is C34H25Br2F5N4O6. The van der Waals surface area contributed by atoms with Crippen molar-refractivity contribution in [2.45, 2.75) is 43.3 Å². The Kier molecular flexibility index (Phi) is 8.53. The van der Waals surface area contributed by atoms with Gasteiger partial charge in [0.1, 0.15) is 16.9 Å². The van der Waals surface area contributed by atoms with E-state index in [0.717, 1.165) is 12.3 Å². The maximum Gasteiger partial charge on any atom is 0.352 e. The number of carbonyl (C=O) groups is 2. The van der Waals surface area contributed by atoms with Crippen LogP contribution in [0.4, 0.5) is 27.6 Å². The number of benzene rings is 2. The predicted molar refractivity (Wildman–Crippen MR) is 183 cm³/mol. The monoisotopic (exact) mass is 838 g/mol. The number of nitrogens with two attached hydrogens (primary N) is 1. The fourth-order valence-corrected chi connectivity index (χ4v) is 7.94. The van der Waals surface area contributed by atoms with E-state index in [2.05, 4.69) is 31.9 Å². The quantitative estimate of drug-likeness (QED) is 0.117. The van der Waals surface area contributed by atoms with Gasteiger partial charge in [-0.05, 0) is 57.5 Å². The normalized spacial score (nSPS) is 20.9. The molecule has 3 heterocycles. The predicted octanol–water partition coefficient (Wildman–Crippen LogP) is 6.55. The number of carboxylic acid groups (broad SMARTS) is 2. The summed E-state index contributed by atoms with van der Waals surface area (Å²) in [5, 5.41) is 17.9. The van der Waals surface area contributed by atoms with Crippen LogP contribution in [0.25, 0.3) is 21.8 Å². The summed E-state index contributed by atoms with van der Waals surface area (Å²) in [7, 11) is 0. The maximum absolute atomic E-state index is 15.9. The zero-order valence-electron chi connectivity index (χ0n) is 26.0. The summed E-state index contributed by atoms with van der Waals surface area (Å²) in [4.78, 5) is 49.2. The first-order chi connectivity index (χ1) is 24.1. The van der Waals surface area contributed by atoms with E-state index in [0.29, 0.717) is 32.2 Å². The molecule has 4 N–H and O–H groups in total. The van der Waals surface area contributed by atoms with Crippen LogP contribution in [0.1, 0.15) is 58.6 Å². The lowest BCUT2D eigenvalue weighted by molar-refractivity contribution is 0.0677. The van der Waals surface area contributed by atoms with Gasteiger partial charge in [0.25, 0.3) is 0 Å². The molecule has 17 heteroatoms. The van der Waals surface area contributed by atoms with Crippen molar-refractivity contribution < 1.29 is 41.8 Å². The minimum absolute atomic E-state index is 0.119. The summed E-state index contributed by atoms with van der Waals surface area (Å²) in [5.74, 6) is -9.53. The Morgan fingerprint density at radius 2 is 1.47 bits per heavy atom. The van der Waals surface area contributed by atoms with Gasteiger partial charge in [-0.15, -0.1) is 0 Å². The highest BCUT2D eigenvalue weighted by molar-refractivity contribution is 9.11. The van der Waals surface area contributed by atoms with Crippen molar-refractivity contribution in [2.24, 2.45) is 11.7 Å². The van der Waals surface area contributed by atoms with Gasteiger partial charge in [-0.25, -0.2) is 31.5 Å². The van der Waals surface area contributed by atoms with Crippen LogP contribution in [0, 0.1) is 35.0 Å². The molecule has 2 unspecified atom stereocenters. The number of fused-ring (bicyclic) bond motifs is 3. The summed E-state index contributed by atoms with van der Waals surface area (Å²) in [6.45, 7) is 0.492. The highest BCUT2D eigenvalue weighted by atomic mass is 79.9. The van der Waals surface area contributed by atoms with E-state index >= 15 is 8.78 Å². The zero-order valence-corrected chi connectivity index (χ0v) is 29.2. The van der Waals surface area contributed by atoms with E-state index in [1.165, 1.54) is 14.0 Å². The third-order valence-electron chi connectivity index (χ3n) is 9.58.